The maximum atomic E-state index is 12.6. The van der Waals surface area contributed by atoms with Crippen LogP contribution in [-0.2, 0) is 13.5 Å². The Morgan fingerprint density at radius 2 is 1.77 bits per heavy atom. The highest BCUT2D eigenvalue weighted by Crippen LogP contribution is 2.24. The molecule has 1 atom stereocenters. The molecule has 1 aliphatic heterocycles. The Hall–Kier alpha value is -2.07. The normalized spacial score (nSPS) is 16.8. The quantitative estimate of drug-likeness (QED) is 0.854. The Bertz CT molecular complexity index is 696. The first kappa shape index (κ1) is 18.7. The molecule has 4 heteroatoms. The number of carbonyl (C=O) groups excluding carboxylic acids is 1. The fraction of sp³-hybridized carbons (Fsp3) is 0.500. The van der Waals surface area contributed by atoms with Crippen LogP contribution in [0.25, 0.3) is 0 Å². The van der Waals surface area contributed by atoms with Gasteiger partial charge in [0.05, 0.1) is 6.04 Å². The lowest BCUT2D eigenvalue weighted by Gasteiger charge is -2.31. The van der Waals surface area contributed by atoms with Gasteiger partial charge in [-0.05, 0) is 62.2 Å². The first-order valence-electron chi connectivity index (χ1n) is 9.91. The molecule has 2 aromatic rings. The number of rotatable bonds is 6. The van der Waals surface area contributed by atoms with Crippen LogP contribution in [0.15, 0.2) is 42.6 Å². The van der Waals surface area contributed by atoms with Gasteiger partial charge in [-0.3, -0.25) is 9.69 Å². The van der Waals surface area contributed by atoms with Crippen LogP contribution in [0.2, 0.25) is 0 Å². The number of aryl methyl sites for hydroxylation is 2. The number of likely N-dealkylation sites (tertiary alicyclic amines) is 1. The summed E-state index contributed by atoms with van der Waals surface area (Å²) in [7, 11) is 2.09. The summed E-state index contributed by atoms with van der Waals surface area (Å²) in [5.74, 6) is 0.0154. The van der Waals surface area contributed by atoms with Crippen LogP contribution in [0.1, 0.15) is 60.3 Å². The predicted octanol–water partition coefficient (Wildman–Crippen LogP) is 3.93. The Balaban J connectivity index is 1.70. The molecule has 1 saturated heterocycles. The molecule has 1 fully saturated rings. The molecule has 1 amide bonds. The van der Waals surface area contributed by atoms with Crippen molar-refractivity contribution in [3.8, 4) is 0 Å². The maximum absolute atomic E-state index is 12.6. The van der Waals surface area contributed by atoms with Crippen molar-refractivity contribution in [3.63, 3.8) is 0 Å². The van der Waals surface area contributed by atoms with E-state index in [9.17, 15) is 4.79 Å². The third kappa shape index (κ3) is 4.55. The molecule has 1 N–H and O–H groups in total. The highest BCUT2D eigenvalue weighted by Gasteiger charge is 2.24. The summed E-state index contributed by atoms with van der Waals surface area (Å²) in [4.78, 5) is 15.2. The predicted molar refractivity (Wildman–Crippen MR) is 106 cm³/mol. The van der Waals surface area contributed by atoms with Crippen LogP contribution >= 0.6 is 0 Å². The van der Waals surface area contributed by atoms with E-state index in [4.69, 9.17) is 0 Å². The minimum atomic E-state index is 0.0154. The van der Waals surface area contributed by atoms with E-state index < -0.39 is 0 Å². The smallest absolute Gasteiger partial charge is 0.251 e. The Morgan fingerprint density at radius 1 is 1.08 bits per heavy atom. The third-order valence-corrected chi connectivity index (χ3v) is 5.49. The van der Waals surface area contributed by atoms with E-state index in [2.05, 4.69) is 47.1 Å². The third-order valence-electron chi connectivity index (χ3n) is 5.49. The van der Waals surface area contributed by atoms with Gasteiger partial charge >= 0.3 is 0 Å². The van der Waals surface area contributed by atoms with Crippen molar-refractivity contribution in [2.75, 3.05) is 19.6 Å². The zero-order chi connectivity index (χ0) is 18.4. The van der Waals surface area contributed by atoms with Gasteiger partial charge in [0.2, 0.25) is 0 Å². The summed E-state index contributed by atoms with van der Waals surface area (Å²) in [5.41, 5.74) is 3.27. The van der Waals surface area contributed by atoms with E-state index in [1.165, 1.54) is 36.9 Å². The zero-order valence-electron chi connectivity index (χ0n) is 16.1. The van der Waals surface area contributed by atoms with Crippen LogP contribution in [-0.4, -0.2) is 35.0 Å². The van der Waals surface area contributed by atoms with E-state index in [0.717, 1.165) is 25.1 Å². The summed E-state index contributed by atoms with van der Waals surface area (Å²) < 4.78 is 2.18. The number of nitrogens with zero attached hydrogens (tertiary/aromatic N) is 2. The molecule has 3 rings (SSSR count). The molecule has 1 aliphatic rings. The second-order valence-electron chi connectivity index (χ2n) is 7.27. The van der Waals surface area contributed by atoms with Crippen LogP contribution < -0.4 is 5.32 Å². The molecule has 2 heterocycles. The second kappa shape index (κ2) is 9.04. The number of hydrogen-bond donors (Lipinski definition) is 1. The van der Waals surface area contributed by atoms with Crippen molar-refractivity contribution in [1.82, 2.24) is 14.8 Å². The van der Waals surface area contributed by atoms with Crippen molar-refractivity contribution < 1.29 is 4.79 Å². The van der Waals surface area contributed by atoms with Gasteiger partial charge in [-0.1, -0.05) is 31.9 Å². The summed E-state index contributed by atoms with van der Waals surface area (Å²) in [6.07, 6.45) is 8.19. The maximum Gasteiger partial charge on any atom is 0.251 e. The van der Waals surface area contributed by atoms with Crippen LogP contribution in [0.3, 0.4) is 0 Å². The summed E-state index contributed by atoms with van der Waals surface area (Å²) in [5, 5.41) is 3.18. The van der Waals surface area contributed by atoms with Crippen molar-refractivity contribution in [3.05, 3.63) is 59.4 Å². The molecule has 1 aromatic heterocycles. The van der Waals surface area contributed by atoms with E-state index in [1.54, 1.807) is 0 Å². The molecule has 0 saturated carbocycles. The molecule has 0 aliphatic carbocycles. The standard InChI is InChI=1S/C22H31N3O/c1-3-18-10-12-19(13-11-18)22(26)23-17-21(20-9-8-14-24(20)2)25-15-6-4-5-7-16-25/h8-14,21H,3-7,15-17H2,1-2H3,(H,23,26)/t21-/m0/s1. The lowest BCUT2D eigenvalue weighted by molar-refractivity contribution is 0.0931. The second-order valence-corrected chi connectivity index (χ2v) is 7.27. The van der Waals surface area contributed by atoms with Crippen molar-refractivity contribution >= 4 is 5.91 Å². The topological polar surface area (TPSA) is 37.3 Å². The Kier molecular flexibility index (Phi) is 6.51. The first-order chi connectivity index (χ1) is 12.7. The summed E-state index contributed by atoms with van der Waals surface area (Å²) >= 11 is 0. The van der Waals surface area contributed by atoms with E-state index >= 15 is 0 Å². The molecule has 0 radical (unpaired) electrons. The molecular weight excluding hydrogens is 322 g/mol. The van der Waals surface area contributed by atoms with Crippen molar-refractivity contribution in [2.45, 2.75) is 45.1 Å². The summed E-state index contributed by atoms with van der Waals surface area (Å²) in [6, 6.07) is 12.4. The van der Waals surface area contributed by atoms with Gasteiger partial charge in [-0.15, -0.1) is 0 Å². The van der Waals surface area contributed by atoms with Gasteiger partial charge in [0.25, 0.3) is 5.91 Å². The minimum Gasteiger partial charge on any atom is -0.353 e. The number of hydrogen-bond acceptors (Lipinski definition) is 2. The molecule has 1 aromatic carbocycles. The molecular formula is C22H31N3O. The van der Waals surface area contributed by atoms with Crippen molar-refractivity contribution in [1.29, 1.82) is 0 Å². The Morgan fingerprint density at radius 3 is 2.35 bits per heavy atom. The van der Waals surface area contributed by atoms with Gasteiger partial charge in [0.15, 0.2) is 0 Å². The van der Waals surface area contributed by atoms with Gasteiger partial charge < -0.3 is 9.88 Å². The van der Waals surface area contributed by atoms with Gasteiger partial charge in [0, 0.05) is 31.0 Å². The molecule has 4 nitrogen and oxygen atoms in total. The first-order valence-corrected chi connectivity index (χ1v) is 9.91. The van der Waals surface area contributed by atoms with Crippen molar-refractivity contribution in [2.24, 2.45) is 7.05 Å². The average molecular weight is 354 g/mol. The highest BCUT2D eigenvalue weighted by atomic mass is 16.1. The summed E-state index contributed by atoms with van der Waals surface area (Å²) in [6.45, 7) is 4.99. The number of aromatic nitrogens is 1. The van der Waals surface area contributed by atoms with E-state index in [0.29, 0.717) is 6.54 Å². The monoisotopic (exact) mass is 353 g/mol. The highest BCUT2D eigenvalue weighted by molar-refractivity contribution is 5.94. The minimum absolute atomic E-state index is 0.0154. The van der Waals surface area contributed by atoms with E-state index in [-0.39, 0.29) is 11.9 Å². The average Bonchev–Trinajstić information content (AvgIpc) is 2.92. The fourth-order valence-electron chi connectivity index (χ4n) is 3.83. The number of benzene rings is 1. The zero-order valence-corrected chi connectivity index (χ0v) is 16.1. The Labute approximate surface area is 157 Å². The van der Waals surface area contributed by atoms with Gasteiger partial charge in [-0.2, -0.15) is 0 Å². The van der Waals surface area contributed by atoms with E-state index in [1.807, 2.05) is 24.3 Å². The number of carbonyl (C=O) groups is 1. The lowest BCUT2D eigenvalue weighted by atomic mass is 10.1. The number of nitrogens with one attached hydrogen (secondary N) is 1. The molecule has 140 valence electrons. The fourth-order valence-corrected chi connectivity index (χ4v) is 3.83. The molecule has 26 heavy (non-hydrogen) atoms. The molecule has 0 spiro atoms. The number of amides is 1. The molecule has 0 bridgehead atoms. The SMILES string of the molecule is CCc1ccc(C(=O)NC[C@@H](c2cccn2C)N2CCCCCC2)cc1. The lowest BCUT2D eigenvalue weighted by Crippen LogP contribution is -2.39. The molecule has 0 unspecified atom stereocenters. The van der Waals surface area contributed by atoms with Crippen LogP contribution in [0.5, 0.6) is 0 Å². The van der Waals surface area contributed by atoms with Crippen LogP contribution in [0.4, 0.5) is 0 Å². The largest absolute Gasteiger partial charge is 0.353 e. The van der Waals surface area contributed by atoms with Gasteiger partial charge in [0.1, 0.15) is 0 Å². The van der Waals surface area contributed by atoms with Gasteiger partial charge in [-0.25, -0.2) is 0 Å². The van der Waals surface area contributed by atoms with Crippen LogP contribution in [0, 0.1) is 0 Å².